The third kappa shape index (κ3) is 3.99. The fourth-order valence-corrected chi connectivity index (χ4v) is 2.71. The van der Waals surface area contributed by atoms with Gasteiger partial charge in [-0.2, -0.15) is 31.3 Å². The molecular formula is C14H10F6N2O7. The van der Waals surface area contributed by atoms with Crippen molar-refractivity contribution in [3.63, 3.8) is 0 Å². The van der Waals surface area contributed by atoms with Crippen LogP contribution in [0.15, 0.2) is 11.0 Å². The molecule has 3 heterocycles. The number of rotatable bonds is 3. The smallest absolute Gasteiger partial charge is 0.456 e. The number of ether oxygens (including phenoxy) is 4. The Balaban J connectivity index is 1.85. The summed E-state index contributed by atoms with van der Waals surface area (Å²) in [5.41, 5.74) is -0.590. The van der Waals surface area contributed by atoms with Crippen LogP contribution >= 0.6 is 0 Å². The van der Waals surface area contributed by atoms with Gasteiger partial charge in [-0.05, 0) is 6.92 Å². The van der Waals surface area contributed by atoms with Gasteiger partial charge in [0.25, 0.3) is 5.56 Å². The van der Waals surface area contributed by atoms with Crippen molar-refractivity contribution in [2.75, 3.05) is 6.61 Å². The maximum Gasteiger partial charge on any atom is 0.490 e. The van der Waals surface area contributed by atoms with Crippen LogP contribution in [-0.2, 0) is 23.8 Å². The molecule has 2 aliphatic rings. The van der Waals surface area contributed by atoms with E-state index in [2.05, 4.69) is 14.5 Å². The number of fused-ring (bicyclic) bond motifs is 3. The highest BCUT2D eigenvalue weighted by Gasteiger charge is 2.57. The first-order valence-corrected chi connectivity index (χ1v) is 7.72. The SMILES string of the molecule is Cc1cn2c(nc1=O)O[C@H]1[C@H](OC(=O)C(F)(F)F)[C@@H](COC(=O)C(F)(F)F)O[C@H]12. The molecule has 4 atom stereocenters. The fraction of sp³-hybridized carbons (Fsp3) is 0.571. The van der Waals surface area contributed by atoms with Crippen molar-refractivity contribution in [3.8, 4) is 6.01 Å². The number of alkyl halides is 6. The summed E-state index contributed by atoms with van der Waals surface area (Å²) < 4.78 is 94.4. The Morgan fingerprint density at radius 1 is 1.17 bits per heavy atom. The number of esters is 2. The van der Waals surface area contributed by atoms with Gasteiger partial charge in [-0.1, -0.05) is 0 Å². The lowest BCUT2D eigenvalue weighted by Crippen LogP contribution is -2.43. The minimum atomic E-state index is -5.42. The van der Waals surface area contributed by atoms with Crippen molar-refractivity contribution in [3.05, 3.63) is 22.1 Å². The highest BCUT2D eigenvalue weighted by molar-refractivity contribution is 5.76. The predicted octanol–water partition coefficient (Wildman–Crippen LogP) is 0.790. The Kier molecular flexibility index (Phi) is 4.96. The molecular weight excluding hydrogens is 422 g/mol. The number of carbonyl (C=O) groups is 2. The normalized spacial score (nSPS) is 25.8. The Hall–Kier alpha value is -2.84. The third-order valence-electron chi connectivity index (χ3n) is 3.97. The van der Waals surface area contributed by atoms with Crippen molar-refractivity contribution < 1.29 is 54.9 Å². The van der Waals surface area contributed by atoms with Crippen molar-refractivity contribution in [2.45, 2.75) is 43.8 Å². The third-order valence-corrected chi connectivity index (χ3v) is 3.97. The van der Waals surface area contributed by atoms with Crippen molar-refractivity contribution >= 4 is 11.9 Å². The van der Waals surface area contributed by atoms with E-state index in [-0.39, 0.29) is 11.6 Å². The van der Waals surface area contributed by atoms with Crippen LogP contribution in [0.3, 0.4) is 0 Å². The lowest BCUT2D eigenvalue weighted by molar-refractivity contribution is -0.213. The molecule has 29 heavy (non-hydrogen) atoms. The van der Waals surface area contributed by atoms with E-state index in [1.807, 2.05) is 0 Å². The second-order valence-electron chi connectivity index (χ2n) is 6.03. The average Bonchev–Trinajstić information content (AvgIpc) is 3.08. The Morgan fingerprint density at radius 2 is 1.79 bits per heavy atom. The van der Waals surface area contributed by atoms with Gasteiger partial charge in [0.1, 0.15) is 12.7 Å². The highest BCUT2D eigenvalue weighted by atomic mass is 19.4. The Morgan fingerprint density at radius 3 is 2.38 bits per heavy atom. The molecule has 1 aromatic rings. The molecule has 0 unspecified atom stereocenters. The molecule has 9 nitrogen and oxygen atoms in total. The van der Waals surface area contributed by atoms with Gasteiger partial charge in [0.05, 0.1) is 0 Å². The van der Waals surface area contributed by atoms with Crippen LogP contribution in [0, 0.1) is 6.92 Å². The molecule has 0 saturated carbocycles. The van der Waals surface area contributed by atoms with Gasteiger partial charge in [0.15, 0.2) is 18.4 Å². The lowest BCUT2D eigenvalue weighted by atomic mass is 10.1. The van der Waals surface area contributed by atoms with Gasteiger partial charge < -0.3 is 18.9 Å². The molecule has 0 spiro atoms. The number of aromatic nitrogens is 2. The summed E-state index contributed by atoms with van der Waals surface area (Å²) in [5, 5.41) is 0. The molecule has 0 amide bonds. The average molecular weight is 432 g/mol. The predicted molar refractivity (Wildman–Crippen MR) is 74.5 cm³/mol. The minimum absolute atomic E-state index is 0.109. The summed E-state index contributed by atoms with van der Waals surface area (Å²) in [4.78, 5) is 37.2. The topological polar surface area (TPSA) is 106 Å². The molecule has 0 aromatic carbocycles. The summed E-state index contributed by atoms with van der Waals surface area (Å²) in [6, 6.07) is -0.352. The zero-order chi connectivity index (χ0) is 21.7. The van der Waals surface area contributed by atoms with E-state index in [0.29, 0.717) is 0 Å². The van der Waals surface area contributed by atoms with Crippen LogP contribution in [0.4, 0.5) is 26.3 Å². The van der Waals surface area contributed by atoms with Gasteiger partial charge in [0, 0.05) is 11.8 Å². The molecule has 15 heteroatoms. The molecule has 1 saturated heterocycles. The molecule has 160 valence electrons. The molecule has 1 aromatic heterocycles. The standard InChI is InChI=1S/C14H10F6N2O7/c1-4-2-22-9-7(29-12(22)21-8(4)23)6(28-11(25)14(18,19)20)5(27-9)3-26-10(24)13(15,16)17/h2,5-7,9H,3H2,1H3/t5-,6-,7+,9-/m1/s1. The summed E-state index contributed by atoms with van der Waals surface area (Å²) in [7, 11) is 0. The molecule has 1 fully saturated rings. The molecule has 0 radical (unpaired) electrons. The molecule has 2 aliphatic heterocycles. The van der Waals surface area contributed by atoms with Crippen molar-refractivity contribution in [1.29, 1.82) is 0 Å². The van der Waals surface area contributed by atoms with Gasteiger partial charge in [-0.3, -0.25) is 9.36 Å². The van der Waals surface area contributed by atoms with E-state index in [1.54, 1.807) is 0 Å². The first-order valence-electron chi connectivity index (χ1n) is 7.72. The van der Waals surface area contributed by atoms with Crippen LogP contribution in [-0.4, -0.2) is 58.8 Å². The number of nitrogens with zero attached hydrogens (tertiary/aromatic N) is 2. The van der Waals surface area contributed by atoms with E-state index in [0.717, 1.165) is 4.57 Å². The summed E-state index contributed by atoms with van der Waals surface area (Å²) in [5.74, 6) is -5.27. The summed E-state index contributed by atoms with van der Waals surface area (Å²) in [6.45, 7) is 0.196. The van der Waals surface area contributed by atoms with Gasteiger partial charge >= 0.3 is 30.3 Å². The van der Waals surface area contributed by atoms with E-state index >= 15 is 0 Å². The molecule has 0 bridgehead atoms. The van der Waals surface area contributed by atoms with Crippen LogP contribution in [0.25, 0.3) is 0 Å². The van der Waals surface area contributed by atoms with Crippen molar-refractivity contribution in [2.24, 2.45) is 0 Å². The number of hydrogen-bond acceptors (Lipinski definition) is 8. The van der Waals surface area contributed by atoms with E-state index in [1.165, 1.54) is 13.1 Å². The minimum Gasteiger partial charge on any atom is -0.456 e. The number of aryl methyl sites for hydroxylation is 1. The van der Waals surface area contributed by atoms with E-state index in [9.17, 15) is 40.7 Å². The molecule has 0 N–H and O–H groups in total. The quantitative estimate of drug-likeness (QED) is 0.510. The second kappa shape index (κ2) is 6.89. The number of carbonyl (C=O) groups excluding carboxylic acids is 2. The lowest BCUT2D eigenvalue weighted by Gasteiger charge is -2.22. The molecule has 3 rings (SSSR count). The second-order valence-corrected chi connectivity index (χ2v) is 6.03. The van der Waals surface area contributed by atoms with Gasteiger partial charge in [-0.25, -0.2) is 9.59 Å². The molecule has 0 aliphatic carbocycles. The van der Waals surface area contributed by atoms with Crippen LogP contribution < -0.4 is 10.3 Å². The number of hydrogen-bond donors (Lipinski definition) is 0. The maximum absolute atomic E-state index is 12.6. The highest BCUT2D eigenvalue weighted by Crippen LogP contribution is 2.41. The van der Waals surface area contributed by atoms with Crippen LogP contribution in [0.5, 0.6) is 6.01 Å². The van der Waals surface area contributed by atoms with Crippen LogP contribution in [0.1, 0.15) is 11.8 Å². The fourth-order valence-electron chi connectivity index (χ4n) is 2.71. The van der Waals surface area contributed by atoms with E-state index in [4.69, 9.17) is 9.47 Å². The van der Waals surface area contributed by atoms with Gasteiger partial charge in [-0.15, -0.1) is 0 Å². The zero-order valence-electron chi connectivity index (χ0n) is 14.1. The maximum atomic E-state index is 12.6. The number of halogens is 6. The Labute approximate surface area is 156 Å². The monoisotopic (exact) mass is 432 g/mol. The first kappa shape index (κ1) is 20.9. The summed E-state index contributed by atoms with van der Waals surface area (Å²) in [6.07, 6.45) is -16.0. The zero-order valence-corrected chi connectivity index (χ0v) is 14.1. The van der Waals surface area contributed by atoms with E-state index < -0.39 is 61.0 Å². The largest absolute Gasteiger partial charge is 0.490 e. The first-order chi connectivity index (χ1) is 13.3. The van der Waals surface area contributed by atoms with Crippen LogP contribution in [0.2, 0.25) is 0 Å². The summed E-state index contributed by atoms with van der Waals surface area (Å²) >= 11 is 0. The van der Waals surface area contributed by atoms with Crippen molar-refractivity contribution in [1.82, 2.24) is 9.55 Å². The Bertz CT molecular complexity index is 896. The van der Waals surface area contributed by atoms with Gasteiger partial charge in [0.2, 0.25) is 0 Å².